The minimum absolute atomic E-state index is 0.519. The molecular weight excluding hydrogens is 136 g/mol. The predicted octanol–water partition coefficient (Wildman–Crippen LogP) is 0.117. The van der Waals surface area contributed by atoms with E-state index in [1.165, 1.54) is 0 Å². The molecule has 0 heterocycles. The van der Waals surface area contributed by atoms with E-state index >= 15 is 0 Å². The van der Waals surface area contributed by atoms with Gasteiger partial charge in [0.2, 0.25) is 0 Å². The average molecular weight is 140 g/mol. The molecule has 0 spiro atoms. The van der Waals surface area contributed by atoms with Gasteiger partial charge in [0.05, 0.1) is 11.8 Å². The van der Waals surface area contributed by atoms with Crippen LogP contribution >= 0.6 is 0 Å². The topological polar surface area (TPSA) is 40.5 Å². The van der Waals surface area contributed by atoms with Crippen LogP contribution in [0.3, 0.4) is 0 Å². The molecule has 9 heavy (non-hydrogen) atoms. The van der Waals surface area contributed by atoms with Crippen molar-refractivity contribution in [3.63, 3.8) is 0 Å². The first kappa shape index (κ1) is 8.51. The van der Waals surface area contributed by atoms with Crippen LogP contribution in [0.15, 0.2) is 11.8 Å². The van der Waals surface area contributed by atoms with Crippen LogP contribution in [0.1, 0.15) is 0 Å². The Labute approximate surface area is 49.8 Å². The summed E-state index contributed by atoms with van der Waals surface area (Å²) in [6, 6.07) is 0. The molecule has 2 N–H and O–H groups in total. The normalized spacial score (nSPS) is 12.4. The molecule has 52 valence electrons. The Hall–Kier alpha value is -0.485. The monoisotopic (exact) mass is 140 g/mol. The van der Waals surface area contributed by atoms with Crippen LogP contribution in [0, 0.1) is 0 Å². The maximum Gasteiger partial charge on any atom is 0.492 e. The number of rotatable bonds is 2. The second kappa shape index (κ2) is 3.52. The number of halogens is 3. The SMILES string of the molecule is OB(O)C(=CF)C(F)F. The van der Waals surface area contributed by atoms with Gasteiger partial charge in [-0.1, -0.05) is 0 Å². The molecule has 0 bridgehead atoms. The molecule has 0 saturated heterocycles. The van der Waals surface area contributed by atoms with E-state index in [4.69, 9.17) is 10.0 Å². The summed E-state index contributed by atoms with van der Waals surface area (Å²) in [6.07, 6.45) is -3.68. The molecule has 0 aromatic rings. The summed E-state index contributed by atoms with van der Waals surface area (Å²) >= 11 is 0. The third kappa shape index (κ3) is 2.52. The number of allylic oxidation sites excluding steroid dienone is 1. The highest BCUT2D eigenvalue weighted by Crippen LogP contribution is 2.08. The minimum atomic E-state index is -3.16. The zero-order valence-corrected chi connectivity index (χ0v) is 4.26. The highest BCUT2D eigenvalue weighted by Gasteiger charge is 2.23. The average Bonchev–Trinajstić information content (AvgIpc) is 1.64. The van der Waals surface area contributed by atoms with E-state index in [9.17, 15) is 13.2 Å². The van der Waals surface area contributed by atoms with Gasteiger partial charge >= 0.3 is 7.12 Å². The van der Waals surface area contributed by atoms with E-state index in [1.807, 2.05) is 0 Å². The molecule has 0 unspecified atom stereocenters. The lowest BCUT2D eigenvalue weighted by molar-refractivity contribution is 0.189. The highest BCUT2D eigenvalue weighted by atomic mass is 19.3. The Morgan fingerprint density at radius 1 is 1.44 bits per heavy atom. The van der Waals surface area contributed by atoms with Crippen LogP contribution in [0.2, 0.25) is 0 Å². The first-order valence-electron chi connectivity index (χ1n) is 2.04. The zero-order valence-electron chi connectivity index (χ0n) is 4.26. The quantitative estimate of drug-likeness (QED) is 0.534. The first-order valence-corrected chi connectivity index (χ1v) is 2.04. The van der Waals surface area contributed by atoms with E-state index in [0.29, 0.717) is 0 Å². The van der Waals surface area contributed by atoms with Gasteiger partial charge in [-0.25, -0.2) is 13.2 Å². The van der Waals surface area contributed by atoms with Crippen LogP contribution in [0.25, 0.3) is 0 Å². The van der Waals surface area contributed by atoms with Gasteiger partial charge in [-0.3, -0.25) is 0 Å². The van der Waals surface area contributed by atoms with Crippen molar-refractivity contribution in [2.24, 2.45) is 0 Å². The summed E-state index contributed by atoms with van der Waals surface area (Å²) in [6.45, 7) is 0. The third-order valence-electron chi connectivity index (χ3n) is 0.676. The van der Waals surface area contributed by atoms with Gasteiger partial charge < -0.3 is 10.0 Å². The van der Waals surface area contributed by atoms with Crippen molar-refractivity contribution in [3.8, 4) is 0 Å². The lowest BCUT2D eigenvalue weighted by Crippen LogP contribution is -2.20. The van der Waals surface area contributed by atoms with Crippen LogP contribution in [0.5, 0.6) is 0 Å². The van der Waals surface area contributed by atoms with Crippen LogP contribution in [-0.4, -0.2) is 23.6 Å². The molecule has 0 fully saturated rings. The Balaban J connectivity index is 4.01. The van der Waals surface area contributed by atoms with Crippen molar-refractivity contribution in [3.05, 3.63) is 11.8 Å². The van der Waals surface area contributed by atoms with Gasteiger partial charge in [-0.2, -0.15) is 0 Å². The fourth-order valence-corrected chi connectivity index (χ4v) is 0.217. The third-order valence-corrected chi connectivity index (χ3v) is 0.676. The van der Waals surface area contributed by atoms with E-state index in [0.717, 1.165) is 0 Å². The van der Waals surface area contributed by atoms with Crippen LogP contribution in [-0.2, 0) is 0 Å². The maximum atomic E-state index is 11.3. The van der Waals surface area contributed by atoms with Gasteiger partial charge in [0.25, 0.3) is 6.43 Å². The van der Waals surface area contributed by atoms with Crippen molar-refractivity contribution in [2.75, 3.05) is 0 Å². The minimum Gasteiger partial charge on any atom is -0.423 e. The zero-order chi connectivity index (χ0) is 7.44. The molecule has 0 rings (SSSR count). The first-order chi connectivity index (χ1) is 4.09. The van der Waals surface area contributed by atoms with E-state index < -0.39 is 25.3 Å². The molecule has 0 atom stereocenters. The van der Waals surface area contributed by atoms with Gasteiger partial charge in [-0.05, 0) is 0 Å². The molecule has 0 aliphatic carbocycles. The summed E-state index contributed by atoms with van der Waals surface area (Å²) in [7, 11) is -2.41. The Morgan fingerprint density at radius 2 is 1.89 bits per heavy atom. The van der Waals surface area contributed by atoms with Crippen molar-refractivity contribution >= 4 is 7.12 Å². The second-order valence-corrected chi connectivity index (χ2v) is 1.28. The lowest BCUT2D eigenvalue weighted by atomic mass is 9.81. The molecular formula is C3H4BF3O2. The van der Waals surface area contributed by atoms with Crippen molar-refractivity contribution in [2.45, 2.75) is 6.43 Å². The summed E-state index contributed by atoms with van der Waals surface area (Å²) in [4.78, 5) is 0. The Kier molecular flexibility index (Phi) is 3.33. The number of alkyl halides is 2. The highest BCUT2D eigenvalue weighted by molar-refractivity contribution is 6.50. The molecule has 6 heteroatoms. The molecule has 2 nitrogen and oxygen atoms in total. The Bertz CT molecular complexity index is 104. The number of hydrogen-bond donors (Lipinski definition) is 2. The molecule has 0 aliphatic heterocycles. The summed E-state index contributed by atoms with van der Waals surface area (Å²) < 4.78 is 33.8. The number of hydrogen-bond acceptors (Lipinski definition) is 2. The standard InChI is InChI=1S/C3H4BF3O2/c5-1-2(3(6)7)4(8)9/h1,3,8-9H. The summed E-state index contributed by atoms with van der Waals surface area (Å²) in [5.74, 6) is 0. The van der Waals surface area contributed by atoms with Gasteiger partial charge in [0.1, 0.15) is 0 Å². The van der Waals surface area contributed by atoms with Crippen LogP contribution in [0.4, 0.5) is 13.2 Å². The molecule has 0 aliphatic rings. The Morgan fingerprint density at radius 3 is 1.89 bits per heavy atom. The van der Waals surface area contributed by atoms with Crippen molar-refractivity contribution < 1.29 is 23.2 Å². The van der Waals surface area contributed by atoms with E-state index in [-0.39, 0.29) is 0 Å². The van der Waals surface area contributed by atoms with E-state index in [1.54, 1.807) is 0 Å². The molecule has 0 saturated carbocycles. The van der Waals surface area contributed by atoms with Gasteiger partial charge in [0.15, 0.2) is 0 Å². The smallest absolute Gasteiger partial charge is 0.423 e. The lowest BCUT2D eigenvalue weighted by Gasteiger charge is -1.99. The molecule has 0 aromatic carbocycles. The van der Waals surface area contributed by atoms with Crippen molar-refractivity contribution in [1.82, 2.24) is 0 Å². The maximum absolute atomic E-state index is 11.3. The molecule has 0 amide bonds. The van der Waals surface area contributed by atoms with E-state index in [2.05, 4.69) is 0 Å². The van der Waals surface area contributed by atoms with Crippen molar-refractivity contribution in [1.29, 1.82) is 0 Å². The van der Waals surface area contributed by atoms with Gasteiger partial charge in [0, 0.05) is 0 Å². The molecule has 0 aromatic heterocycles. The fourth-order valence-electron chi connectivity index (χ4n) is 0.217. The largest absolute Gasteiger partial charge is 0.492 e. The molecule has 0 radical (unpaired) electrons. The fraction of sp³-hybridized carbons (Fsp3) is 0.333. The van der Waals surface area contributed by atoms with Crippen LogP contribution < -0.4 is 0 Å². The summed E-state index contributed by atoms with van der Waals surface area (Å²) in [5, 5.41) is 15.9. The predicted molar refractivity (Wildman–Crippen MR) is 25.4 cm³/mol. The summed E-state index contributed by atoms with van der Waals surface area (Å²) in [5.41, 5.74) is -1.32. The van der Waals surface area contributed by atoms with Gasteiger partial charge in [-0.15, -0.1) is 0 Å². The second-order valence-electron chi connectivity index (χ2n) is 1.28.